The van der Waals surface area contributed by atoms with Gasteiger partial charge in [0.1, 0.15) is 0 Å². The van der Waals surface area contributed by atoms with E-state index in [4.69, 9.17) is 11.6 Å². The van der Waals surface area contributed by atoms with Gasteiger partial charge in [-0.3, -0.25) is 4.79 Å². The molecule has 0 aliphatic heterocycles. The Hall–Kier alpha value is 0.180. The van der Waals surface area contributed by atoms with E-state index in [9.17, 15) is 4.79 Å². The Morgan fingerprint density at radius 1 is 1.86 bits per heavy atom. The average Bonchev–Trinajstić information content (AvgIpc) is 1.65. The Kier molecular flexibility index (Phi) is 3.30. The Labute approximate surface area is 55.5 Å². The van der Waals surface area contributed by atoms with E-state index in [-0.39, 0.29) is 0 Å². The number of hydrogen-bond acceptors (Lipinski definition) is 1. The smallest absolute Gasteiger partial charge is 0.248 e. The molecule has 1 nitrogen and oxygen atoms in total. The molecule has 7 heavy (non-hydrogen) atoms. The third-order valence-electron chi connectivity index (χ3n) is 0.474. The molecule has 0 saturated carbocycles. The third-order valence-corrected chi connectivity index (χ3v) is 1.46. The highest BCUT2D eigenvalue weighted by molar-refractivity contribution is 9.11. The zero-order chi connectivity index (χ0) is 5.86. The minimum atomic E-state index is -0.420. The third kappa shape index (κ3) is 2.83. The van der Waals surface area contributed by atoms with Crippen LogP contribution in [0.1, 0.15) is 6.92 Å². The molecule has 0 amide bonds. The lowest BCUT2D eigenvalue weighted by Gasteiger charge is -1.81. The zero-order valence-corrected chi connectivity index (χ0v) is 6.08. The van der Waals surface area contributed by atoms with Crippen molar-refractivity contribution in [1.82, 2.24) is 0 Å². The van der Waals surface area contributed by atoms with Gasteiger partial charge in [0, 0.05) is 5.57 Å². The second-order valence-corrected chi connectivity index (χ2v) is 1.87. The minimum absolute atomic E-state index is 0.420. The first-order valence-electron chi connectivity index (χ1n) is 1.65. The van der Waals surface area contributed by atoms with Crippen molar-refractivity contribution >= 4 is 32.8 Å². The van der Waals surface area contributed by atoms with Gasteiger partial charge in [-0.15, -0.1) is 0 Å². The van der Waals surface area contributed by atoms with Crippen molar-refractivity contribution < 1.29 is 4.79 Å². The monoisotopic (exact) mass is 182 g/mol. The molecule has 0 aliphatic rings. The van der Waals surface area contributed by atoms with Gasteiger partial charge in [0.2, 0.25) is 5.24 Å². The minimum Gasteiger partial charge on any atom is -0.276 e. The van der Waals surface area contributed by atoms with Crippen LogP contribution in [0.15, 0.2) is 10.6 Å². The van der Waals surface area contributed by atoms with Crippen LogP contribution in [0.5, 0.6) is 0 Å². The molecular weight excluding hydrogens is 179 g/mol. The van der Waals surface area contributed by atoms with E-state index in [0.717, 1.165) is 0 Å². The van der Waals surface area contributed by atoms with Crippen LogP contribution in [0.3, 0.4) is 0 Å². The molecule has 0 aromatic heterocycles. The van der Waals surface area contributed by atoms with Crippen LogP contribution < -0.4 is 0 Å². The first-order chi connectivity index (χ1) is 3.18. The van der Waals surface area contributed by atoms with Gasteiger partial charge in [0.05, 0.1) is 0 Å². The summed E-state index contributed by atoms with van der Waals surface area (Å²) in [5, 5.41) is -0.420. The van der Waals surface area contributed by atoms with E-state index >= 15 is 0 Å². The summed E-state index contributed by atoms with van der Waals surface area (Å²) in [6.07, 6.45) is 0. The SMILES string of the molecule is CC(=CBr)C(=O)Cl. The average molecular weight is 183 g/mol. The summed E-state index contributed by atoms with van der Waals surface area (Å²) >= 11 is 7.94. The van der Waals surface area contributed by atoms with Gasteiger partial charge in [-0.05, 0) is 23.5 Å². The zero-order valence-electron chi connectivity index (χ0n) is 3.74. The molecule has 0 N–H and O–H groups in total. The Balaban J connectivity index is 3.82. The molecule has 0 aromatic rings. The fourth-order valence-corrected chi connectivity index (χ4v) is 0.437. The quantitative estimate of drug-likeness (QED) is 0.449. The van der Waals surface area contributed by atoms with Crippen molar-refractivity contribution in [2.24, 2.45) is 0 Å². The highest BCUT2D eigenvalue weighted by atomic mass is 79.9. The van der Waals surface area contributed by atoms with Crippen LogP contribution in [0.2, 0.25) is 0 Å². The van der Waals surface area contributed by atoms with Gasteiger partial charge in [-0.25, -0.2) is 0 Å². The van der Waals surface area contributed by atoms with Gasteiger partial charge in [-0.1, -0.05) is 15.9 Å². The van der Waals surface area contributed by atoms with E-state index < -0.39 is 5.24 Å². The molecule has 0 heterocycles. The number of halogens is 2. The molecule has 0 spiro atoms. The molecule has 0 unspecified atom stereocenters. The van der Waals surface area contributed by atoms with E-state index in [1.807, 2.05) is 0 Å². The van der Waals surface area contributed by atoms with E-state index in [2.05, 4.69) is 15.9 Å². The van der Waals surface area contributed by atoms with Crippen LogP contribution in [-0.2, 0) is 4.79 Å². The molecule has 0 atom stereocenters. The molecule has 0 radical (unpaired) electrons. The van der Waals surface area contributed by atoms with Gasteiger partial charge in [-0.2, -0.15) is 0 Å². The van der Waals surface area contributed by atoms with Crippen molar-refractivity contribution in [2.45, 2.75) is 6.92 Å². The molecule has 3 heteroatoms. The van der Waals surface area contributed by atoms with Crippen molar-refractivity contribution in [1.29, 1.82) is 0 Å². The van der Waals surface area contributed by atoms with Crippen molar-refractivity contribution in [3.8, 4) is 0 Å². The summed E-state index contributed by atoms with van der Waals surface area (Å²) in [4.78, 5) is 11.5. The molecule has 40 valence electrons. The maximum absolute atomic E-state index is 10.0. The van der Waals surface area contributed by atoms with Crippen LogP contribution >= 0.6 is 27.5 Å². The summed E-state index contributed by atoms with van der Waals surface area (Å²) < 4.78 is 0. The summed E-state index contributed by atoms with van der Waals surface area (Å²) in [5.41, 5.74) is 0.515. The lowest BCUT2D eigenvalue weighted by atomic mass is 10.4. The molecule has 0 aliphatic carbocycles. The molecule has 0 bridgehead atoms. The summed E-state index contributed by atoms with van der Waals surface area (Å²) in [6.45, 7) is 1.63. The predicted molar refractivity (Wildman–Crippen MR) is 33.5 cm³/mol. The Morgan fingerprint density at radius 3 is 2.29 bits per heavy atom. The summed E-state index contributed by atoms with van der Waals surface area (Å²) in [6, 6.07) is 0. The standard InChI is InChI=1S/C4H4BrClO/c1-3(2-5)4(6)7/h2H,1H3. The first-order valence-corrected chi connectivity index (χ1v) is 2.94. The number of hydrogen-bond donors (Lipinski definition) is 0. The topological polar surface area (TPSA) is 17.1 Å². The molecular formula is C4H4BrClO. The molecule has 0 saturated heterocycles. The number of carbonyl (C=O) groups is 1. The van der Waals surface area contributed by atoms with Crippen molar-refractivity contribution in [3.63, 3.8) is 0 Å². The fraction of sp³-hybridized carbons (Fsp3) is 0.250. The maximum Gasteiger partial charge on any atom is 0.248 e. The Bertz CT molecular complexity index is 108. The van der Waals surface area contributed by atoms with E-state index in [1.54, 1.807) is 6.92 Å². The lowest BCUT2D eigenvalue weighted by molar-refractivity contribution is -0.108. The normalized spacial score (nSPS) is 11.6. The van der Waals surface area contributed by atoms with E-state index in [0.29, 0.717) is 5.57 Å². The van der Waals surface area contributed by atoms with Crippen LogP contribution in [0, 0.1) is 0 Å². The molecule has 0 aromatic carbocycles. The lowest BCUT2D eigenvalue weighted by Crippen LogP contribution is -1.83. The highest BCUT2D eigenvalue weighted by Gasteiger charge is 1.93. The second-order valence-electron chi connectivity index (χ2n) is 1.07. The van der Waals surface area contributed by atoms with Gasteiger partial charge in [0.15, 0.2) is 0 Å². The van der Waals surface area contributed by atoms with Crippen LogP contribution in [0.25, 0.3) is 0 Å². The van der Waals surface area contributed by atoms with Gasteiger partial charge in [0.25, 0.3) is 0 Å². The number of rotatable bonds is 1. The predicted octanol–water partition coefficient (Wildman–Crippen LogP) is 2.05. The van der Waals surface area contributed by atoms with Crippen LogP contribution in [-0.4, -0.2) is 5.24 Å². The van der Waals surface area contributed by atoms with E-state index in [1.165, 1.54) is 4.99 Å². The summed E-state index contributed by atoms with van der Waals surface area (Å²) in [7, 11) is 0. The molecule has 0 fully saturated rings. The molecule has 0 rings (SSSR count). The maximum atomic E-state index is 10.0. The number of carbonyl (C=O) groups excluding carboxylic acids is 1. The highest BCUT2D eigenvalue weighted by Crippen LogP contribution is 2.00. The van der Waals surface area contributed by atoms with Crippen LogP contribution in [0.4, 0.5) is 0 Å². The van der Waals surface area contributed by atoms with Gasteiger partial charge < -0.3 is 0 Å². The fourth-order valence-electron chi connectivity index (χ4n) is 0.0429. The first kappa shape index (κ1) is 7.18. The van der Waals surface area contributed by atoms with Crippen molar-refractivity contribution in [3.05, 3.63) is 10.6 Å². The van der Waals surface area contributed by atoms with Gasteiger partial charge >= 0.3 is 0 Å². The van der Waals surface area contributed by atoms with Crippen molar-refractivity contribution in [2.75, 3.05) is 0 Å². The largest absolute Gasteiger partial charge is 0.276 e. The summed E-state index contributed by atoms with van der Waals surface area (Å²) in [5.74, 6) is 0. The number of allylic oxidation sites excluding steroid dienone is 1. The Morgan fingerprint density at radius 2 is 2.29 bits per heavy atom. The second kappa shape index (κ2) is 3.22.